The summed E-state index contributed by atoms with van der Waals surface area (Å²) < 4.78 is 7.24. The molecular weight excluding hydrogens is 458 g/mol. The van der Waals surface area contributed by atoms with Crippen molar-refractivity contribution in [2.24, 2.45) is 5.92 Å². The van der Waals surface area contributed by atoms with Crippen LogP contribution in [0.2, 0.25) is 0 Å². The van der Waals surface area contributed by atoms with Crippen molar-refractivity contribution in [2.45, 2.75) is 32.0 Å². The highest BCUT2D eigenvalue weighted by atomic mass is 32.2. The highest BCUT2D eigenvalue weighted by Crippen LogP contribution is 2.29. The van der Waals surface area contributed by atoms with E-state index >= 15 is 0 Å². The van der Waals surface area contributed by atoms with Gasteiger partial charge >= 0.3 is 0 Å². The maximum absolute atomic E-state index is 13.0. The van der Waals surface area contributed by atoms with Crippen LogP contribution >= 0.6 is 11.8 Å². The standard InChI is InChI=1S/C27H29N5O2S/c1-18(2)25(20-7-11-23(34-4)12-8-20)29-24(33)17-35-27-31-30-26(21-13-15-28-16-14-21)32(27)22-9-5-19(3)6-10-22/h5-16,18,25H,17H2,1-4H3,(H,29,33). The van der Waals surface area contributed by atoms with Crippen molar-refractivity contribution in [3.05, 3.63) is 84.2 Å². The van der Waals surface area contributed by atoms with Gasteiger partial charge in [0.1, 0.15) is 5.75 Å². The molecule has 0 saturated heterocycles. The van der Waals surface area contributed by atoms with Crippen LogP contribution in [0, 0.1) is 12.8 Å². The van der Waals surface area contributed by atoms with Crippen molar-refractivity contribution in [1.82, 2.24) is 25.1 Å². The summed E-state index contributed by atoms with van der Waals surface area (Å²) in [5.74, 6) is 1.89. The molecule has 1 atom stereocenters. The number of rotatable bonds is 9. The molecule has 8 heteroatoms. The molecule has 7 nitrogen and oxygen atoms in total. The number of aromatic nitrogens is 4. The van der Waals surface area contributed by atoms with Gasteiger partial charge in [-0.1, -0.05) is 55.4 Å². The van der Waals surface area contributed by atoms with Crippen molar-refractivity contribution in [3.63, 3.8) is 0 Å². The normalized spacial score (nSPS) is 11.9. The molecule has 0 aliphatic carbocycles. The largest absolute Gasteiger partial charge is 0.497 e. The summed E-state index contributed by atoms with van der Waals surface area (Å²) in [6.07, 6.45) is 3.46. The van der Waals surface area contributed by atoms with Crippen molar-refractivity contribution in [1.29, 1.82) is 0 Å². The Labute approximate surface area is 210 Å². The number of aryl methyl sites for hydroxylation is 1. The predicted molar refractivity (Wildman–Crippen MR) is 139 cm³/mol. The van der Waals surface area contributed by atoms with Gasteiger partial charge in [0.2, 0.25) is 5.91 Å². The number of thioether (sulfide) groups is 1. The minimum atomic E-state index is -0.101. The molecule has 1 N–H and O–H groups in total. The fourth-order valence-corrected chi connectivity index (χ4v) is 4.53. The average Bonchev–Trinajstić information content (AvgIpc) is 3.31. The number of amides is 1. The third kappa shape index (κ3) is 5.89. The van der Waals surface area contributed by atoms with Gasteiger partial charge in [0.25, 0.3) is 0 Å². The van der Waals surface area contributed by atoms with Gasteiger partial charge in [0, 0.05) is 23.6 Å². The summed E-state index contributed by atoms with van der Waals surface area (Å²) in [7, 11) is 1.64. The molecule has 0 radical (unpaired) electrons. The molecule has 0 spiro atoms. The van der Waals surface area contributed by atoms with Gasteiger partial charge in [-0.05, 0) is 54.8 Å². The zero-order valence-electron chi connectivity index (χ0n) is 20.3. The quantitative estimate of drug-likeness (QED) is 0.325. The first-order valence-corrected chi connectivity index (χ1v) is 12.4. The Kier molecular flexibility index (Phi) is 7.82. The minimum absolute atomic E-state index is 0.0616. The lowest BCUT2D eigenvalue weighted by molar-refractivity contribution is -0.119. The second-order valence-electron chi connectivity index (χ2n) is 8.56. The maximum atomic E-state index is 13.0. The number of carbonyl (C=O) groups excluding carboxylic acids is 1. The number of benzene rings is 2. The monoisotopic (exact) mass is 487 g/mol. The number of hydrogen-bond donors (Lipinski definition) is 1. The number of ether oxygens (including phenoxy) is 1. The maximum Gasteiger partial charge on any atom is 0.230 e. The summed E-state index contributed by atoms with van der Waals surface area (Å²) in [5, 5.41) is 12.7. The van der Waals surface area contributed by atoms with E-state index in [0.717, 1.165) is 22.6 Å². The van der Waals surface area contributed by atoms with Crippen molar-refractivity contribution in [3.8, 4) is 22.8 Å². The van der Waals surface area contributed by atoms with Crippen LogP contribution in [0.1, 0.15) is 31.0 Å². The van der Waals surface area contributed by atoms with Crippen LogP contribution in [0.15, 0.2) is 78.2 Å². The highest BCUT2D eigenvalue weighted by Gasteiger charge is 2.21. The van der Waals surface area contributed by atoms with Gasteiger partial charge in [-0.25, -0.2) is 0 Å². The Balaban J connectivity index is 1.54. The molecule has 0 bridgehead atoms. The van der Waals surface area contributed by atoms with E-state index < -0.39 is 0 Å². The molecule has 2 aromatic heterocycles. The van der Waals surface area contributed by atoms with E-state index in [2.05, 4.69) is 46.5 Å². The average molecular weight is 488 g/mol. The number of carbonyl (C=O) groups is 1. The van der Waals surface area contributed by atoms with Gasteiger partial charge in [-0.3, -0.25) is 14.3 Å². The van der Waals surface area contributed by atoms with Crippen LogP contribution < -0.4 is 10.1 Å². The number of methoxy groups -OCH3 is 1. The molecule has 4 rings (SSSR count). The number of hydrogen-bond acceptors (Lipinski definition) is 6. The van der Waals surface area contributed by atoms with Crippen LogP contribution in [-0.4, -0.2) is 38.5 Å². The minimum Gasteiger partial charge on any atom is -0.497 e. The first-order chi connectivity index (χ1) is 17.0. The van der Waals surface area contributed by atoms with Crippen molar-refractivity contribution in [2.75, 3.05) is 12.9 Å². The van der Waals surface area contributed by atoms with Gasteiger partial charge in [0.15, 0.2) is 11.0 Å². The molecule has 1 amide bonds. The Morgan fingerprint density at radius 2 is 1.69 bits per heavy atom. The van der Waals surface area contributed by atoms with Crippen molar-refractivity contribution < 1.29 is 9.53 Å². The molecule has 2 heterocycles. The Bertz CT molecular complexity index is 1260. The molecule has 180 valence electrons. The fraction of sp³-hybridized carbons (Fsp3) is 0.259. The first-order valence-electron chi connectivity index (χ1n) is 11.4. The predicted octanol–water partition coefficient (Wildman–Crippen LogP) is 5.25. The third-order valence-electron chi connectivity index (χ3n) is 5.65. The van der Waals surface area contributed by atoms with Crippen LogP contribution in [0.4, 0.5) is 0 Å². The van der Waals surface area contributed by atoms with E-state index in [1.165, 1.54) is 17.3 Å². The van der Waals surface area contributed by atoms with E-state index in [9.17, 15) is 4.79 Å². The zero-order chi connectivity index (χ0) is 24.8. The van der Waals surface area contributed by atoms with Gasteiger partial charge in [-0.2, -0.15) is 0 Å². The Hall–Kier alpha value is -3.65. The van der Waals surface area contributed by atoms with Crippen LogP contribution in [0.3, 0.4) is 0 Å². The summed E-state index contributed by atoms with van der Waals surface area (Å²) in [5.41, 5.74) is 4.05. The summed E-state index contributed by atoms with van der Waals surface area (Å²) >= 11 is 1.37. The second kappa shape index (κ2) is 11.2. The Morgan fingerprint density at radius 3 is 2.31 bits per heavy atom. The lowest BCUT2D eigenvalue weighted by Crippen LogP contribution is -2.33. The summed E-state index contributed by atoms with van der Waals surface area (Å²) in [4.78, 5) is 17.1. The highest BCUT2D eigenvalue weighted by molar-refractivity contribution is 7.99. The van der Waals surface area contributed by atoms with E-state index in [-0.39, 0.29) is 23.6 Å². The molecule has 0 fully saturated rings. The van der Waals surface area contributed by atoms with Gasteiger partial charge in [-0.15, -0.1) is 10.2 Å². The number of nitrogens with zero attached hydrogens (tertiary/aromatic N) is 4. The Morgan fingerprint density at radius 1 is 1.00 bits per heavy atom. The SMILES string of the molecule is COc1ccc(C(NC(=O)CSc2nnc(-c3ccncc3)n2-c2ccc(C)cc2)C(C)C)cc1. The lowest BCUT2D eigenvalue weighted by atomic mass is 9.96. The van der Waals surface area contributed by atoms with Crippen LogP contribution in [0.5, 0.6) is 5.75 Å². The van der Waals surface area contributed by atoms with E-state index in [0.29, 0.717) is 11.0 Å². The van der Waals surface area contributed by atoms with E-state index in [1.54, 1.807) is 19.5 Å². The first kappa shape index (κ1) is 24.5. The molecule has 2 aromatic carbocycles. The molecule has 0 saturated carbocycles. The van der Waals surface area contributed by atoms with Gasteiger partial charge < -0.3 is 10.1 Å². The zero-order valence-corrected chi connectivity index (χ0v) is 21.1. The fourth-order valence-electron chi connectivity index (χ4n) is 3.77. The molecule has 35 heavy (non-hydrogen) atoms. The third-order valence-corrected chi connectivity index (χ3v) is 6.58. The van der Waals surface area contributed by atoms with E-state index in [4.69, 9.17) is 4.74 Å². The molecule has 0 aliphatic rings. The van der Waals surface area contributed by atoms with Crippen LogP contribution in [0.25, 0.3) is 17.1 Å². The molecule has 1 unspecified atom stereocenters. The summed E-state index contributed by atoms with van der Waals surface area (Å²) in [6, 6.07) is 19.7. The number of pyridine rings is 1. The molecular formula is C27H29N5O2S. The van der Waals surface area contributed by atoms with Crippen LogP contribution in [-0.2, 0) is 4.79 Å². The van der Waals surface area contributed by atoms with Crippen molar-refractivity contribution >= 4 is 17.7 Å². The lowest BCUT2D eigenvalue weighted by Gasteiger charge is -2.23. The molecule has 0 aliphatic heterocycles. The summed E-state index contributed by atoms with van der Waals surface area (Å²) in [6.45, 7) is 6.24. The van der Waals surface area contributed by atoms with E-state index in [1.807, 2.05) is 60.0 Å². The second-order valence-corrected chi connectivity index (χ2v) is 9.51. The molecule has 4 aromatic rings. The van der Waals surface area contributed by atoms with Gasteiger partial charge in [0.05, 0.1) is 18.9 Å². The topological polar surface area (TPSA) is 81.9 Å². The smallest absolute Gasteiger partial charge is 0.230 e. The number of nitrogens with one attached hydrogen (secondary N) is 1.